The maximum absolute atomic E-state index is 6.12. The fourth-order valence-electron chi connectivity index (χ4n) is 2.16. The van der Waals surface area contributed by atoms with Crippen LogP contribution in [-0.2, 0) is 0 Å². The molecule has 1 unspecified atom stereocenters. The van der Waals surface area contributed by atoms with Crippen molar-refractivity contribution >= 4 is 17.5 Å². The van der Waals surface area contributed by atoms with Crippen LogP contribution in [0, 0.1) is 6.92 Å². The van der Waals surface area contributed by atoms with Crippen LogP contribution >= 0.6 is 11.6 Å². The van der Waals surface area contributed by atoms with Crippen molar-refractivity contribution in [1.82, 2.24) is 15.0 Å². The fraction of sp³-hybridized carbons (Fsp3) is 0.118. The van der Waals surface area contributed by atoms with Gasteiger partial charge in [-0.05, 0) is 42.3 Å². The van der Waals surface area contributed by atoms with Crippen LogP contribution in [0.25, 0.3) is 0 Å². The maximum Gasteiger partial charge on any atom is 0.223 e. The number of hydrogen-bond donors (Lipinski definition) is 1. The van der Waals surface area contributed by atoms with E-state index in [-0.39, 0.29) is 6.04 Å². The molecule has 2 aromatic heterocycles. The summed E-state index contributed by atoms with van der Waals surface area (Å²) in [6.07, 6.45) is 5.33. The van der Waals surface area contributed by atoms with Gasteiger partial charge in [-0.2, -0.15) is 0 Å². The van der Waals surface area contributed by atoms with Gasteiger partial charge in [0.1, 0.15) is 0 Å². The van der Waals surface area contributed by atoms with Gasteiger partial charge in [-0.25, -0.2) is 9.97 Å². The van der Waals surface area contributed by atoms with Crippen LogP contribution in [0.1, 0.15) is 22.9 Å². The van der Waals surface area contributed by atoms with Gasteiger partial charge in [-0.15, -0.1) is 0 Å². The van der Waals surface area contributed by atoms with E-state index in [2.05, 4.69) is 20.3 Å². The molecule has 1 atom stereocenters. The Morgan fingerprint density at radius 3 is 2.50 bits per heavy atom. The minimum atomic E-state index is -0.164. The Kier molecular flexibility index (Phi) is 4.30. The van der Waals surface area contributed by atoms with Crippen molar-refractivity contribution in [2.45, 2.75) is 13.0 Å². The van der Waals surface area contributed by atoms with E-state index in [9.17, 15) is 0 Å². The van der Waals surface area contributed by atoms with Crippen LogP contribution in [0.3, 0.4) is 0 Å². The molecule has 0 bridgehead atoms. The standard InChI is InChI=1S/C17H15ClN4/c1-12-10-20-17(21-11-12)22-16(15-7-2-3-8-19-15)13-5-4-6-14(18)9-13/h2-11,16H,1H3,(H,20,21,22). The SMILES string of the molecule is Cc1cnc(NC(c2cccc(Cl)c2)c2ccccn2)nc1. The Hall–Kier alpha value is -2.46. The van der Waals surface area contributed by atoms with Crippen molar-refractivity contribution in [3.8, 4) is 0 Å². The zero-order valence-electron chi connectivity index (χ0n) is 12.1. The van der Waals surface area contributed by atoms with E-state index in [0.717, 1.165) is 16.8 Å². The van der Waals surface area contributed by atoms with Crippen molar-refractivity contribution in [3.63, 3.8) is 0 Å². The average molecular weight is 311 g/mol. The minimum absolute atomic E-state index is 0.164. The Bertz CT molecular complexity index is 744. The molecule has 1 N–H and O–H groups in total. The summed E-state index contributed by atoms with van der Waals surface area (Å²) in [5.74, 6) is 0.557. The summed E-state index contributed by atoms with van der Waals surface area (Å²) < 4.78 is 0. The number of anilines is 1. The third-order valence-electron chi connectivity index (χ3n) is 3.22. The number of hydrogen-bond acceptors (Lipinski definition) is 4. The normalized spacial score (nSPS) is 11.9. The molecular weight excluding hydrogens is 296 g/mol. The van der Waals surface area contributed by atoms with E-state index < -0.39 is 0 Å². The minimum Gasteiger partial charge on any atom is -0.342 e. The maximum atomic E-state index is 6.12. The lowest BCUT2D eigenvalue weighted by atomic mass is 10.0. The first kappa shape index (κ1) is 14.5. The number of benzene rings is 1. The first-order valence-corrected chi connectivity index (χ1v) is 7.32. The number of aromatic nitrogens is 3. The molecule has 22 heavy (non-hydrogen) atoms. The smallest absolute Gasteiger partial charge is 0.223 e. The molecule has 0 saturated heterocycles. The number of halogens is 1. The number of rotatable bonds is 4. The van der Waals surface area contributed by atoms with Gasteiger partial charge < -0.3 is 5.32 Å². The van der Waals surface area contributed by atoms with E-state index in [1.165, 1.54) is 0 Å². The second-order valence-corrected chi connectivity index (χ2v) is 5.41. The van der Waals surface area contributed by atoms with E-state index in [0.29, 0.717) is 11.0 Å². The molecule has 2 heterocycles. The van der Waals surface area contributed by atoms with Crippen LogP contribution < -0.4 is 5.32 Å². The number of nitrogens with zero attached hydrogens (tertiary/aromatic N) is 3. The highest BCUT2D eigenvalue weighted by Crippen LogP contribution is 2.25. The highest BCUT2D eigenvalue weighted by atomic mass is 35.5. The molecule has 0 saturated carbocycles. The van der Waals surface area contributed by atoms with E-state index in [4.69, 9.17) is 11.6 Å². The van der Waals surface area contributed by atoms with Crippen LogP contribution in [0.4, 0.5) is 5.95 Å². The van der Waals surface area contributed by atoms with Crippen molar-refractivity contribution in [2.24, 2.45) is 0 Å². The molecule has 0 radical (unpaired) electrons. The third-order valence-corrected chi connectivity index (χ3v) is 3.46. The van der Waals surface area contributed by atoms with Gasteiger partial charge in [0.05, 0.1) is 11.7 Å². The number of aryl methyl sites for hydroxylation is 1. The fourth-order valence-corrected chi connectivity index (χ4v) is 2.36. The highest BCUT2D eigenvalue weighted by molar-refractivity contribution is 6.30. The topological polar surface area (TPSA) is 50.7 Å². The molecule has 1 aromatic carbocycles. The van der Waals surface area contributed by atoms with Gasteiger partial charge in [0.2, 0.25) is 5.95 Å². The molecule has 3 rings (SSSR count). The van der Waals surface area contributed by atoms with Gasteiger partial charge >= 0.3 is 0 Å². The van der Waals surface area contributed by atoms with Crippen molar-refractivity contribution in [2.75, 3.05) is 5.32 Å². The second kappa shape index (κ2) is 6.54. The summed E-state index contributed by atoms with van der Waals surface area (Å²) in [5.41, 5.74) is 2.91. The van der Waals surface area contributed by atoms with E-state index in [1.807, 2.05) is 49.4 Å². The quantitative estimate of drug-likeness (QED) is 0.790. The average Bonchev–Trinajstić information content (AvgIpc) is 2.55. The molecule has 4 nitrogen and oxygen atoms in total. The molecule has 3 aromatic rings. The van der Waals surface area contributed by atoms with Gasteiger partial charge in [0, 0.05) is 23.6 Å². The third kappa shape index (κ3) is 3.40. The number of nitrogens with one attached hydrogen (secondary N) is 1. The first-order chi connectivity index (χ1) is 10.7. The monoisotopic (exact) mass is 310 g/mol. The lowest BCUT2D eigenvalue weighted by Gasteiger charge is -2.19. The summed E-state index contributed by atoms with van der Waals surface area (Å²) in [6, 6.07) is 13.3. The molecular formula is C17H15ClN4. The Labute approximate surface area is 134 Å². The molecule has 0 amide bonds. The van der Waals surface area contributed by atoms with Gasteiger partial charge in [-0.1, -0.05) is 29.8 Å². The zero-order chi connectivity index (χ0) is 15.4. The molecule has 0 spiro atoms. The predicted molar refractivity (Wildman–Crippen MR) is 87.9 cm³/mol. The molecule has 0 aliphatic heterocycles. The molecule has 0 aliphatic rings. The summed E-state index contributed by atoms with van der Waals surface area (Å²) in [5, 5.41) is 4.01. The Balaban J connectivity index is 1.98. The summed E-state index contributed by atoms with van der Waals surface area (Å²) >= 11 is 6.12. The van der Waals surface area contributed by atoms with Gasteiger partial charge in [-0.3, -0.25) is 4.98 Å². The molecule has 5 heteroatoms. The van der Waals surface area contributed by atoms with Crippen molar-refractivity contribution < 1.29 is 0 Å². The van der Waals surface area contributed by atoms with E-state index >= 15 is 0 Å². The van der Waals surface area contributed by atoms with Crippen LogP contribution in [0.2, 0.25) is 5.02 Å². The molecule has 110 valence electrons. The highest BCUT2D eigenvalue weighted by Gasteiger charge is 2.16. The number of pyridine rings is 1. The lowest BCUT2D eigenvalue weighted by Crippen LogP contribution is -2.15. The van der Waals surface area contributed by atoms with Gasteiger partial charge in [0.15, 0.2) is 0 Å². The van der Waals surface area contributed by atoms with Crippen LogP contribution in [0.5, 0.6) is 0 Å². The molecule has 0 aliphatic carbocycles. The van der Waals surface area contributed by atoms with Gasteiger partial charge in [0.25, 0.3) is 0 Å². The first-order valence-electron chi connectivity index (χ1n) is 6.94. The Morgan fingerprint density at radius 1 is 1.00 bits per heavy atom. The lowest BCUT2D eigenvalue weighted by molar-refractivity contribution is 0.864. The predicted octanol–water partition coefficient (Wildman–Crippen LogP) is 4.03. The van der Waals surface area contributed by atoms with Crippen LogP contribution in [0.15, 0.2) is 61.1 Å². The van der Waals surface area contributed by atoms with Crippen LogP contribution in [-0.4, -0.2) is 15.0 Å². The summed E-state index contributed by atoms with van der Waals surface area (Å²) in [7, 11) is 0. The largest absolute Gasteiger partial charge is 0.342 e. The Morgan fingerprint density at radius 2 is 1.82 bits per heavy atom. The van der Waals surface area contributed by atoms with Crippen molar-refractivity contribution in [3.05, 3.63) is 82.9 Å². The summed E-state index contributed by atoms with van der Waals surface area (Å²) in [6.45, 7) is 1.96. The summed E-state index contributed by atoms with van der Waals surface area (Å²) in [4.78, 5) is 13.1. The van der Waals surface area contributed by atoms with E-state index in [1.54, 1.807) is 18.6 Å². The van der Waals surface area contributed by atoms with Crippen molar-refractivity contribution in [1.29, 1.82) is 0 Å². The zero-order valence-corrected chi connectivity index (χ0v) is 12.8. The molecule has 0 fully saturated rings. The second-order valence-electron chi connectivity index (χ2n) is 4.97.